The minimum atomic E-state index is -0.725. The molecule has 0 spiro atoms. The highest BCUT2D eigenvalue weighted by Gasteiger charge is 2.14. The van der Waals surface area contributed by atoms with Gasteiger partial charge >= 0.3 is 12.0 Å². The summed E-state index contributed by atoms with van der Waals surface area (Å²) in [5.41, 5.74) is 2.49. The number of ether oxygens (including phenoxy) is 2. The minimum Gasteiger partial charge on any atom is -0.489 e. The Kier molecular flexibility index (Phi) is 8.37. The first-order valence-corrected chi connectivity index (χ1v) is 9.87. The smallest absolute Gasteiger partial charge is 0.338 e. The van der Waals surface area contributed by atoms with Gasteiger partial charge in [-0.3, -0.25) is 10.1 Å². The fourth-order valence-electron chi connectivity index (χ4n) is 2.54. The highest BCUT2D eigenvalue weighted by Crippen LogP contribution is 2.24. The lowest BCUT2D eigenvalue weighted by molar-refractivity contribution is -0.123. The molecular weight excluding hydrogens is 396 g/mol. The molecule has 164 valence electrons. The molecule has 31 heavy (non-hydrogen) atoms. The van der Waals surface area contributed by atoms with Crippen LogP contribution < -0.4 is 15.4 Å². The van der Waals surface area contributed by atoms with Crippen LogP contribution in [0.1, 0.15) is 42.3 Å². The standard InChI is InChI=1S/C24H28N2O5/c1-5-14-25-23(29)26-21(27)16-31-22(28)18-8-6-17(7-9-18)15-30-20-12-10-19(11-13-20)24(2,3)4/h5-13H,1,14-16H2,2-4H3,(H2,25,26,27,29). The first kappa shape index (κ1) is 23.7. The van der Waals surface area contributed by atoms with Gasteiger partial charge in [-0.1, -0.05) is 51.1 Å². The second kappa shape index (κ2) is 11.0. The Labute approximate surface area is 182 Å². The van der Waals surface area contributed by atoms with Crippen molar-refractivity contribution in [1.29, 1.82) is 0 Å². The summed E-state index contributed by atoms with van der Waals surface area (Å²) in [6.45, 7) is 9.92. The number of hydrogen-bond acceptors (Lipinski definition) is 5. The molecule has 0 saturated carbocycles. The molecule has 0 aliphatic rings. The van der Waals surface area contributed by atoms with Crippen molar-refractivity contribution < 1.29 is 23.9 Å². The molecule has 7 nitrogen and oxygen atoms in total. The van der Waals surface area contributed by atoms with Gasteiger partial charge in [-0.25, -0.2) is 9.59 Å². The summed E-state index contributed by atoms with van der Waals surface area (Å²) in [4.78, 5) is 35.0. The number of carbonyl (C=O) groups is 3. The van der Waals surface area contributed by atoms with E-state index in [4.69, 9.17) is 9.47 Å². The number of rotatable bonds is 8. The van der Waals surface area contributed by atoms with E-state index in [2.05, 4.69) is 32.7 Å². The molecule has 3 amide bonds. The maximum atomic E-state index is 12.1. The summed E-state index contributed by atoms with van der Waals surface area (Å²) in [5, 5.41) is 4.42. The predicted octanol–water partition coefficient (Wildman–Crippen LogP) is 3.73. The molecule has 0 bridgehead atoms. The molecule has 2 aromatic rings. The van der Waals surface area contributed by atoms with Crippen molar-refractivity contribution in [3.63, 3.8) is 0 Å². The first-order valence-electron chi connectivity index (χ1n) is 9.87. The lowest BCUT2D eigenvalue weighted by Gasteiger charge is -2.19. The number of benzene rings is 2. The minimum absolute atomic E-state index is 0.0849. The Balaban J connectivity index is 1.80. The molecule has 0 unspecified atom stereocenters. The van der Waals surface area contributed by atoms with Gasteiger partial charge in [0.05, 0.1) is 5.56 Å². The van der Waals surface area contributed by atoms with E-state index in [1.54, 1.807) is 24.3 Å². The Morgan fingerprint density at radius 1 is 1.00 bits per heavy atom. The van der Waals surface area contributed by atoms with Crippen molar-refractivity contribution in [3.05, 3.63) is 77.9 Å². The Morgan fingerprint density at radius 2 is 1.65 bits per heavy atom. The zero-order valence-corrected chi connectivity index (χ0v) is 18.1. The number of carbonyl (C=O) groups excluding carboxylic acids is 3. The predicted molar refractivity (Wildman–Crippen MR) is 118 cm³/mol. The number of esters is 1. The molecule has 0 atom stereocenters. The molecule has 2 aromatic carbocycles. The number of amides is 3. The van der Waals surface area contributed by atoms with Gasteiger partial charge in [-0.05, 0) is 40.8 Å². The van der Waals surface area contributed by atoms with Gasteiger partial charge < -0.3 is 14.8 Å². The van der Waals surface area contributed by atoms with Crippen molar-refractivity contribution in [2.45, 2.75) is 32.8 Å². The van der Waals surface area contributed by atoms with E-state index in [0.29, 0.717) is 12.2 Å². The SMILES string of the molecule is C=CCNC(=O)NC(=O)COC(=O)c1ccc(COc2ccc(C(C)(C)C)cc2)cc1. The Hall–Kier alpha value is -3.61. The summed E-state index contributed by atoms with van der Waals surface area (Å²) in [7, 11) is 0. The molecular formula is C24H28N2O5. The van der Waals surface area contributed by atoms with Crippen LogP contribution in [0.15, 0.2) is 61.2 Å². The van der Waals surface area contributed by atoms with Crippen LogP contribution in [-0.4, -0.2) is 31.1 Å². The molecule has 2 rings (SSSR count). The third-order valence-corrected chi connectivity index (χ3v) is 4.31. The molecule has 0 aromatic heterocycles. The fourth-order valence-corrected chi connectivity index (χ4v) is 2.54. The topological polar surface area (TPSA) is 93.7 Å². The quantitative estimate of drug-likeness (QED) is 0.497. The zero-order chi connectivity index (χ0) is 22.9. The average molecular weight is 424 g/mol. The molecule has 2 N–H and O–H groups in total. The molecule has 0 heterocycles. The van der Waals surface area contributed by atoms with E-state index in [1.807, 2.05) is 29.6 Å². The summed E-state index contributed by atoms with van der Waals surface area (Å²) in [6, 6.07) is 14.0. The maximum absolute atomic E-state index is 12.1. The lowest BCUT2D eigenvalue weighted by atomic mass is 9.87. The summed E-state index contributed by atoms with van der Waals surface area (Å²) < 4.78 is 10.7. The number of nitrogens with one attached hydrogen (secondary N) is 2. The van der Waals surface area contributed by atoms with Gasteiger partial charge in [0.15, 0.2) is 6.61 Å². The van der Waals surface area contributed by atoms with Crippen molar-refractivity contribution in [3.8, 4) is 5.75 Å². The molecule has 0 fully saturated rings. The second-order valence-electron chi connectivity index (χ2n) is 7.88. The zero-order valence-electron chi connectivity index (χ0n) is 18.1. The third-order valence-electron chi connectivity index (χ3n) is 4.31. The molecule has 0 radical (unpaired) electrons. The normalized spacial score (nSPS) is 10.7. The van der Waals surface area contributed by atoms with E-state index < -0.39 is 24.5 Å². The molecule has 0 aliphatic carbocycles. The molecule has 0 saturated heterocycles. The van der Waals surface area contributed by atoms with Gasteiger partial charge in [-0.15, -0.1) is 6.58 Å². The van der Waals surface area contributed by atoms with Gasteiger partial charge in [0.25, 0.3) is 5.91 Å². The van der Waals surface area contributed by atoms with E-state index in [9.17, 15) is 14.4 Å². The van der Waals surface area contributed by atoms with Crippen LogP contribution in [0.4, 0.5) is 4.79 Å². The Morgan fingerprint density at radius 3 is 2.23 bits per heavy atom. The highest BCUT2D eigenvalue weighted by molar-refractivity contribution is 5.97. The van der Waals surface area contributed by atoms with E-state index >= 15 is 0 Å². The van der Waals surface area contributed by atoms with E-state index in [-0.39, 0.29) is 12.0 Å². The summed E-state index contributed by atoms with van der Waals surface area (Å²) in [6.07, 6.45) is 1.47. The second-order valence-corrected chi connectivity index (χ2v) is 7.88. The van der Waals surface area contributed by atoms with E-state index in [1.165, 1.54) is 11.6 Å². The van der Waals surface area contributed by atoms with Crippen LogP contribution in [0.3, 0.4) is 0 Å². The largest absolute Gasteiger partial charge is 0.489 e. The van der Waals surface area contributed by atoms with Crippen molar-refractivity contribution in [1.82, 2.24) is 10.6 Å². The van der Waals surface area contributed by atoms with Crippen LogP contribution >= 0.6 is 0 Å². The van der Waals surface area contributed by atoms with E-state index in [0.717, 1.165) is 11.3 Å². The third kappa shape index (κ3) is 7.97. The summed E-state index contributed by atoms with van der Waals surface area (Å²) >= 11 is 0. The average Bonchev–Trinajstić information content (AvgIpc) is 2.74. The molecule has 0 aliphatic heterocycles. The highest BCUT2D eigenvalue weighted by atomic mass is 16.5. The van der Waals surface area contributed by atoms with Gasteiger partial charge in [0, 0.05) is 6.54 Å². The number of urea groups is 1. The van der Waals surface area contributed by atoms with Crippen LogP contribution in [0.2, 0.25) is 0 Å². The fraction of sp³-hybridized carbons (Fsp3) is 0.292. The monoisotopic (exact) mass is 424 g/mol. The van der Waals surface area contributed by atoms with Crippen LogP contribution in [0.25, 0.3) is 0 Å². The van der Waals surface area contributed by atoms with Crippen LogP contribution in [0, 0.1) is 0 Å². The number of hydrogen-bond donors (Lipinski definition) is 2. The first-order chi connectivity index (χ1) is 14.7. The summed E-state index contributed by atoms with van der Waals surface area (Å²) in [5.74, 6) is -0.621. The van der Waals surface area contributed by atoms with Gasteiger partial charge in [0.2, 0.25) is 0 Å². The van der Waals surface area contributed by atoms with Crippen LogP contribution in [-0.2, 0) is 21.6 Å². The lowest BCUT2D eigenvalue weighted by Crippen LogP contribution is -2.41. The van der Waals surface area contributed by atoms with Crippen LogP contribution in [0.5, 0.6) is 5.75 Å². The Bertz CT molecular complexity index is 912. The molecule has 7 heteroatoms. The van der Waals surface area contributed by atoms with Gasteiger partial charge in [0.1, 0.15) is 12.4 Å². The maximum Gasteiger partial charge on any atom is 0.338 e. The van der Waals surface area contributed by atoms with Crippen molar-refractivity contribution >= 4 is 17.9 Å². The van der Waals surface area contributed by atoms with Gasteiger partial charge in [-0.2, -0.15) is 0 Å². The van der Waals surface area contributed by atoms with Crippen molar-refractivity contribution in [2.75, 3.05) is 13.2 Å². The number of imide groups is 1. The van der Waals surface area contributed by atoms with Crippen molar-refractivity contribution in [2.24, 2.45) is 0 Å².